The third kappa shape index (κ3) is 6.51. The number of benzene rings is 2. The Kier molecular flexibility index (Phi) is 9.49. The Balaban J connectivity index is 0.000000320. The van der Waals surface area contributed by atoms with Crippen LogP contribution in [0.15, 0.2) is 65.5 Å². The molecule has 0 atom stereocenters. The first-order chi connectivity index (χ1) is 17.0. The molecule has 2 heterocycles. The predicted octanol–water partition coefficient (Wildman–Crippen LogP) is 4.54. The van der Waals surface area contributed by atoms with Crippen LogP contribution in [-0.2, 0) is 19.4 Å². The molecule has 0 aliphatic heterocycles. The van der Waals surface area contributed by atoms with Gasteiger partial charge in [-0.25, -0.2) is 9.97 Å². The van der Waals surface area contributed by atoms with Gasteiger partial charge in [-0.05, 0) is 44.9 Å². The molecule has 0 unspecified atom stereocenters. The highest BCUT2D eigenvalue weighted by Crippen LogP contribution is 2.26. The minimum absolute atomic E-state index is 0.0916. The molecule has 2 N–H and O–H groups in total. The van der Waals surface area contributed by atoms with Crippen LogP contribution in [0.1, 0.15) is 66.2 Å². The van der Waals surface area contributed by atoms with Crippen LogP contribution in [0.4, 0.5) is 0 Å². The van der Waals surface area contributed by atoms with E-state index in [-0.39, 0.29) is 11.6 Å². The van der Waals surface area contributed by atoms with E-state index in [9.17, 15) is 4.79 Å². The van der Waals surface area contributed by atoms with Gasteiger partial charge in [-0.2, -0.15) is 5.10 Å². The van der Waals surface area contributed by atoms with Crippen LogP contribution in [0.25, 0.3) is 0 Å². The molecule has 2 aromatic heterocycles. The van der Waals surface area contributed by atoms with Gasteiger partial charge < -0.3 is 5.32 Å². The van der Waals surface area contributed by atoms with Gasteiger partial charge in [0.15, 0.2) is 5.82 Å². The van der Waals surface area contributed by atoms with Crippen LogP contribution >= 0.6 is 0 Å². The standard InChI is InChI=1S/C23H26N2O.C5H10N4/c1-4-12-20-21(5-2)24-17(3)25(23(20)26)22(18-13-8-6-9-14-18)19-15-10-7-11-16-19;1-4-7-5(3-6-2)9-8-4/h6-11,13-16,22H,4-5,12H2,1-3H3;6H,3H2,1-2H3,(H,7,8,9). The number of hydrogen-bond acceptors (Lipinski definition) is 5. The number of hydrogen-bond donors (Lipinski definition) is 2. The molecule has 0 saturated carbocycles. The lowest BCUT2D eigenvalue weighted by Gasteiger charge is -2.24. The molecule has 0 spiro atoms. The fourth-order valence-electron chi connectivity index (χ4n) is 4.22. The van der Waals surface area contributed by atoms with Gasteiger partial charge in [-0.1, -0.05) is 80.9 Å². The van der Waals surface area contributed by atoms with Gasteiger partial charge in [-0.15, -0.1) is 0 Å². The van der Waals surface area contributed by atoms with Gasteiger partial charge in [0.1, 0.15) is 11.6 Å². The van der Waals surface area contributed by atoms with Crippen LogP contribution in [0, 0.1) is 13.8 Å². The van der Waals surface area contributed by atoms with Crippen LogP contribution in [0.2, 0.25) is 0 Å². The van der Waals surface area contributed by atoms with Crippen molar-refractivity contribution in [3.05, 3.63) is 111 Å². The summed E-state index contributed by atoms with van der Waals surface area (Å²) in [6, 6.07) is 20.2. The summed E-state index contributed by atoms with van der Waals surface area (Å²) in [5, 5.41) is 9.61. The van der Waals surface area contributed by atoms with Crippen molar-refractivity contribution in [3.8, 4) is 0 Å². The van der Waals surface area contributed by atoms with Crippen molar-refractivity contribution >= 4 is 0 Å². The number of aromatic amines is 1. The molecule has 2 aromatic carbocycles. The molecule has 0 saturated heterocycles. The molecule has 0 aliphatic carbocycles. The lowest BCUT2D eigenvalue weighted by Crippen LogP contribution is -2.33. The zero-order chi connectivity index (χ0) is 25.2. The smallest absolute Gasteiger partial charge is 0.257 e. The van der Waals surface area contributed by atoms with Crippen molar-refractivity contribution < 1.29 is 0 Å². The summed E-state index contributed by atoms with van der Waals surface area (Å²) < 4.78 is 1.87. The molecule has 0 radical (unpaired) electrons. The van der Waals surface area contributed by atoms with E-state index in [0.717, 1.165) is 65.7 Å². The molecule has 0 fully saturated rings. The number of nitrogens with one attached hydrogen (secondary N) is 2. The van der Waals surface area contributed by atoms with Crippen LogP contribution in [0.5, 0.6) is 0 Å². The maximum Gasteiger partial charge on any atom is 0.257 e. The predicted molar refractivity (Wildman–Crippen MR) is 141 cm³/mol. The average molecular weight is 473 g/mol. The molecule has 7 heteroatoms. The van der Waals surface area contributed by atoms with E-state index in [1.54, 1.807) is 0 Å². The van der Waals surface area contributed by atoms with E-state index < -0.39 is 0 Å². The number of H-pyrrole nitrogens is 1. The van der Waals surface area contributed by atoms with Crippen molar-refractivity contribution in [1.29, 1.82) is 0 Å². The molecule has 0 amide bonds. The van der Waals surface area contributed by atoms with E-state index in [1.165, 1.54) is 0 Å². The zero-order valence-corrected chi connectivity index (χ0v) is 21.4. The van der Waals surface area contributed by atoms with Crippen molar-refractivity contribution in [3.63, 3.8) is 0 Å². The second kappa shape index (κ2) is 12.8. The summed E-state index contributed by atoms with van der Waals surface area (Å²) in [5.41, 5.74) is 4.08. The third-order valence-corrected chi connectivity index (χ3v) is 5.77. The van der Waals surface area contributed by atoms with Crippen LogP contribution in [0.3, 0.4) is 0 Å². The van der Waals surface area contributed by atoms with Crippen LogP contribution < -0.4 is 10.9 Å². The minimum Gasteiger partial charge on any atom is -0.313 e. The highest BCUT2D eigenvalue weighted by molar-refractivity contribution is 5.34. The summed E-state index contributed by atoms with van der Waals surface area (Å²) >= 11 is 0. The van der Waals surface area contributed by atoms with Crippen molar-refractivity contribution in [1.82, 2.24) is 30.0 Å². The summed E-state index contributed by atoms with van der Waals surface area (Å²) in [6.45, 7) is 8.72. The Morgan fingerprint density at radius 3 is 2.00 bits per heavy atom. The Morgan fingerprint density at radius 2 is 1.54 bits per heavy atom. The van der Waals surface area contributed by atoms with E-state index in [2.05, 4.69) is 58.6 Å². The monoisotopic (exact) mass is 472 g/mol. The molecule has 35 heavy (non-hydrogen) atoms. The Labute approximate surface area is 207 Å². The Hall–Kier alpha value is -3.58. The first-order valence-corrected chi connectivity index (χ1v) is 12.2. The highest BCUT2D eigenvalue weighted by atomic mass is 16.1. The lowest BCUT2D eigenvalue weighted by atomic mass is 9.97. The number of aryl methyl sites for hydroxylation is 3. The van der Waals surface area contributed by atoms with E-state index in [1.807, 2.05) is 61.9 Å². The van der Waals surface area contributed by atoms with Crippen LogP contribution in [-0.4, -0.2) is 31.8 Å². The summed E-state index contributed by atoms with van der Waals surface area (Å²) in [7, 11) is 1.87. The fraction of sp³-hybridized carbons (Fsp3) is 0.357. The third-order valence-electron chi connectivity index (χ3n) is 5.77. The normalized spacial score (nSPS) is 10.8. The molecular formula is C28H36N6O. The average Bonchev–Trinajstić information content (AvgIpc) is 3.29. The van der Waals surface area contributed by atoms with E-state index >= 15 is 0 Å². The molecule has 184 valence electrons. The zero-order valence-electron chi connectivity index (χ0n) is 21.4. The quantitative estimate of drug-likeness (QED) is 0.393. The molecule has 0 aliphatic rings. The van der Waals surface area contributed by atoms with Gasteiger partial charge in [0.2, 0.25) is 0 Å². The van der Waals surface area contributed by atoms with Gasteiger partial charge in [0, 0.05) is 5.56 Å². The van der Waals surface area contributed by atoms with E-state index in [0.29, 0.717) is 0 Å². The fourth-order valence-corrected chi connectivity index (χ4v) is 4.22. The number of rotatable bonds is 8. The van der Waals surface area contributed by atoms with Gasteiger partial charge in [-0.3, -0.25) is 14.5 Å². The molecular weight excluding hydrogens is 436 g/mol. The van der Waals surface area contributed by atoms with E-state index in [4.69, 9.17) is 4.98 Å². The maximum absolute atomic E-state index is 13.5. The Bertz CT molecular complexity index is 1210. The molecule has 4 aromatic rings. The largest absolute Gasteiger partial charge is 0.313 e. The van der Waals surface area contributed by atoms with Crippen molar-refractivity contribution in [2.75, 3.05) is 7.05 Å². The Morgan fingerprint density at radius 1 is 0.943 bits per heavy atom. The SMILES string of the molecule is CCCc1c(CC)nc(C)n(C(c2ccccc2)c2ccccc2)c1=O.CNCc1n[nH]c(C)n1. The van der Waals surface area contributed by atoms with Gasteiger partial charge in [0.05, 0.1) is 18.3 Å². The number of nitrogens with zero attached hydrogens (tertiary/aromatic N) is 4. The second-order valence-corrected chi connectivity index (χ2v) is 8.45. The number of aromatic nitrogens is 5. The minimum atomic E-state index is -0.168. The van der Waals surface area contributed by atoms with Crippen molar-refractivity contribution in [2.45, 2.75) is 59.5 Å². The molecule has 4 rings (SSSR count). The highest BCUT2D eigenvalue weighted by Gasteiger charge is 2.22. The first kappa shape index (κ1) is 26.0. The van der Waals surface area contributed by atoms with Gasteiger partial charge in [0.25, 0.3) is 5.56 Å². The lowest BCUT2D eigenvalue weighted by molar-refractivity contribution is 0.594. The summed E-state index contributed by atoms with van der Waals surface area (Å²) in [6.07, 6.45) is 2.49. The first-order valence-electron chi connectivity index (χ1n) is 12.2. The van der Waals surface area contributed by atoms with Crippen molar-refractivity contribution in [2.24, 2.45) is 0 Å². The van der Waals surface area contributed by atoms with Gasteiger partial charge >= 0.3 is 0 Å². The summed E-state index contributed by atoms with van der Waals surface area (Å²) in [5.74, 6) is 2.44. The summed E-state index contributed by atoms with van der Waals surface area (Å²) in [4.78, 5) is 22.3. The second-order valence-electron chi connectivity index (χ2n) is 8.45. The molecule has 7 nitrogen and oxygen atoms in total. The molecule has 0 bridgehead atoms. The maximum atomic E-state index is 13.5. The topological polar surface area (TPSA) is 88.5 Å².